The summed E-state index contributed by atoms with van der Waals surface area (Å²) in [5, 5.41) is 5.67. The third-order valence-electron chi connectivity index (χ3n) is 12.0. The molecule has 6 N–H and O–H groups in total. The summed E-state index contributed by atoms with van der Waals surface area (Å²) < 4.78 is 10.7. The number of aromatic amines is 2. The zero-order chi connectivity index (χ0) is 45.1. The summed E-state index contributed by atoms with van der Waals surface area (Å²) in [7, 11) is 2.56. The Kier molecular flexibility index (Phi) is 12.6. The number of anilines is 2. The number of methoxy groups -OCH3 is 2. The Morgan fingerprint density at radius 1 is 0.873 bits per heavy atom. The van der Waals surface area contributed by atoms with Crippen molar-refractivity contribution in [2.24, 2.45) is 0 Å². The van der Waals surface area contributed by atoms with E-state index in [1.165, 1.54) is 20.4 Å². The maximum Gasteiger partial charge on any atom is 0.341 e. The third-order valence-corrected chi connectivity index (χ3v) is 12.0. The number of carbonyl (C=O) groups is 4. The molecule has 322 valence electrons. The number of carbonyl (C=O) groups excluding carboxylic acids is 4. The second kappa shape index (κ2) is 18.2. The molecule has 2 aliphatic rings. The molecule has 2 amide bonds. The van der Waals surface area contributed by atoms with Crippen molar-refractivity contribution < 1.29 is 28.7 Å². The second-order valence-electron chi connectivity index (χ2n) is 15.7. The van der Waals surface area contributed by atoms with E-state index < -0.39 is 17.9 Å². The van der Waals surface area contributed by atoms with Crippen LogP contribution in [-0.4, -0.2) is 57.9 Å². The fourth-order valence-corrected chi connectivity index (χ4v) is 8.41. The highest BCUT2D eigenvalue weighted by Crippen LogP contribution is 2.44. The molecule has 0 fully saturated rings. The molecule has 0 radical (unpaired) electrons. The molecule has 2 atom stereocenters. The summed E-state index contributed by atoms with van der Waals surface area (Å²) in [6, 6.07) is 19.9. The monoisotopic (exact) mass is 845 g/mol. The number of amides is 2. The molecule has 2 aromatic carbocycles. The lowest BCUT2D eigenvalue weighted by Crippen LogP contribution is -2.19. The van der Waals surface area contributed by atoms with Crippen molar-refractivity contribution in [3.8, 4) is 0 Å². The zero-order valence-electron chi connectivity index (χ0n) is 36.5. The first-order chi connectivity index (χ1) is 30.3. The molecule has 63 heavy (non-hydrogen) atoms. The number of aromatic nitrogens is 4. The van der Waals surface area contributed by atoms with E-state index in [2.05, 4.69) is 47.1 Å². The van der Waals surface area contributed by atoms with Crippen LogP contribution in [0.15, 0.2) is 79.5 Å². The summed E-state index contributed by atoms with van der Waals surface area (Å²) in [6.45, 7) is 14.1. The van der Waals surface area contributed by atoms with Gasteiger partial charge in [-0.2, -0.15) is 0 Å². The molecule has 5 heterocycles. The van der Waals surface area contributed by atoms with E-state index in [4.69, 9.17) is 25.2 Å². The standard InChI is InChI=1S/C50H51N7O6/c1-9-32-26(3)37-23-39-28(5)34(18-19-43(58)52-21-20-30-14-13-15-31(22-30)48(59)57-36-17-12-11-16-35(36)51)46(55-39)45(50(61)63-8)47-44(49(60)62-7)29(6)40(56-47)25-42-33(10-2)27(4)38(54-42)24-41(32)53-37/h9,11-17,20-25,28,34,53-54H,1,10,18-19,51H2,2-8H3,(H,52,58)(H,57,59)/b21-20+,37-23?,38-24?,39-23?,40-25?,41-24?,42-25?,46-45?,47-45?/t28-,34-/m0/s1. The first-order valence-electron chi connectivity index (χ1n) is 20.8. The van der Waals surface area contributed by atoms with E-state index in [0.29, 0.717) is 45.2 Å². The molecule has 13 nitrogen and oxygen atoms in total. The van der Waals surface area contributed by atoms with Gasteiger partial charge in [0.25, 0.3) is 5.91 Å². The Morgan fingerprint density at radius 3 is 2.32 bits per heavy atom. The highest BCUT2D eigenvalue weighted by Gasteiger charge is 2.38. The third kappa shape index (κ3) is 8.54. The topological polar surface area (TPSA) is 194 Å². The van der Waals surface area contributed by atoms with Gasteiger partial charge in [0.15, 0.2) is 0 Å². The number of rotatable bonds is 11. The average Bonchev–Trinajstić information content (AvgIpc) is 3.96. The minimum atomic E-state index is -0.729. The molecule has 3 aromatic heterocycles. The van der Waals surface area contributed by atoms with Crippen molar-refractivity contribution in [3.05, 3.63) is 141 Å². The molecule has 5 aromatic rings. The van der Waals surface area contributed by atoms with Crippen LogP contribution in [0.2, 0.25) is 0 Å². The van der Waals surface area contributed by atoms with Gasteiger partial charge in [0.05, 0.1) is 48.2 Å². The zero-order valence-corrected chi connectivity index (χ0v) is 36.5. The van der Waals surface area contributed by atoms with Gasteiger partial charge in [-0.05, 0) is 110 Å². The van der Waals surface area contributed by atoms with Crippen molar-refractivity contribution in [2.45, 2.75) is 65.7 Å². The Labute approximate surface area is 365 Å². The number of nitrogens with two attached hydrogens (primary N) is 1. The molecule has 8 bridgehead atoms. The molecule has 0 saturated heterocycles. The molecule has 0 aliphatic carbocycles. The van der Waals surface area contributed by atoms with Crippen molar-refractivity contribution in [1.29, 1.82) is 0 Å². The fourth-order valence-electron chi connectivity index (χ4n) is 8.41. The molecule has 0 unspecified atom stereocenters. The SMILES string of the molecule is C=Cc1c(C)c2cc3nc(c(C(=O)OC)c4nc(cc5[nH]c(cc1[nH]2)c(C)c5CC)C(C)=C4C(=O)OC)[C@@H](CCC(=O)N/C=C/c1cccc(C(=O)Nc2ccccc2N)c1)[C@@H]3C. The number of fused-ring (bicyclic) bond motifs is 8. The van der Waals surface area contributed by atoms with Crippen LogP contribution in [-0.2, 0) is 25.5 Å². The molecule has 7 rings (SSSR count). The Hall–Kier alpha value is -7.54. The van der Waals surface area contributed by atoms with Crippen LogP contribution in [0, 0.1) is 13.8 Å². The number of allylic oxidation sites excluding steroid dienone is 1. The number of hydrogen-bond acceptors (Lipinski definition) is 9. The maximum atomic E-state index is 14.1. The van der Waals surface area contributed by atoms with Crippen LogP contribution in [0.3, 0.4) is 0 Å². The van der Waals surface area contributed by atoms with Gasteiger partial charge in [0.1, 0.15) is 5.56 Å². The molecular formula is C50H51N7O6. The number of nitrogen functional groups attached to an aromatic ring is 1. The molecule has 13 heteroatoms. The number of nitrogens with zero attached hydrogens (tertiary/aromatic N) is 2. The summed E-state index contributed by atoms with van der Waals surface area (Å²) in [5.41, 5.74) is 17.8. The Morgan fingerprint density at radius 2 is 1.60 bits per heavy atom. The molecule has 0 spiro atoms. The van der Waals surface area contributed by atoms with Crippen LogP contribution in [0.1, 0.15) is 117 Å². The fraction of sp³-hybridized carbons (Fsp3) is 0.240. The van der Waals surface area contributed by atoms with Gasteiger partial charge in [0.2, 0.25) is 5.91 Å². The van der Waals surface area contributed by atoms with E-state index in [1.807, 2.05) is 38.1 Å². The van der Waals surface area contributed by atoms with Gasteiger partial charge >= 0.3 is 11.9 Å². The lowest BCUT2D eigenvalue weighted by atomic mass is 9.85. The predicted octanol–water partition coefficient (Wildman–Crippen LogP) is 9.32. The minimum Gasteiger partial charge on any atom is -0.465 e. The lowest BCUT2D eigenvalue weighted by molar-refractivity contribution is -0.133. The molecule has 0 saturated carbocycles. The maximum absolute atomic E-state index is 14.1. The van der Waals surface area contributed by atoms with Crippen LogP contribution in [0.5, 0.6) is 0 Å². The first-order valence-corrected chi connectivity index (χ1v) is 20.8. The smallest absolute Gasteiger partial charge is 0.341 e. The number of aryl methyl sites for hydroxylation is 3. The van der Waals surface area contributed by atoms with Crippen LogP contribution in [0.4, 0.5) is 11.4 Å². The number of hydrogen-bond donors (Lipinski definition) is 5. The van der Waals surface area contributed by atoms with E-state index in [1.54, 1.807) is 55.5 Å². The van der Waals surface area contributed by atoms with Gasteiger partial charge in [0, 0.05) is 63.3 Å². The van der Waals surface area contributed by atoms with Gasteiger partial charge in [-0.15, -0.1) is 0 Å². The number of ether oxygens (including phenoxy) is 2. The average molecular weight is 846 g/mol. The van der Waals surface area contributed by atoms with Gasteiger partial charge in [-0.1, -0.05) is 50.8 Å². The minimum absolute atomic E-state index is 0.0234. The highest BCUT2D eigenvalue weighted by atomic mass is 16.5. The van der Waals surface area contributed by atoms with Crippen LogP contribution < -0.4 is 16.4 Å². The summed E-state index contributed by atoms with van der Waals surface area (Å²) in [5.74, 6) is -2.75. The van der Waals surface area contributed by atoms with E-state index >= 15 is 0 Å². The van der Waals surface area contributed by atoms with Crippen LogP contribution >= 0.6 is 0 Å². The number of para-hydroxylation sites is 2. The summed E-state index contributed by atoms with van der Waals surface area (Å²) in [6.07, 6.45) is 6.13. The van der Waals surface area contributed by atoms with Crippen molar-refractivity contribution >= 4 is 80.5 Å². The number of nitrogens with one attached hydrogen (secondary N) is 4. The van der Waals surface area contributed by atoms with E-state index in [9.17, 15) is 19.2 Å². The van der Waals surface area contributed by atoms with E-state index in [0.717, 1.165) is 50.7 Å². The van der Waals surface area contributed by atoms with Gasteiger partial charge in [-0.25, -0.2) is 14.6 Å². The number of benzene rings is 2. The normalized spacial score (nSPS) is 14.7. The van der Waals surface area contributed by atoms with Crippen LogP contribution in [0.25, 0.3) is 45.4 Å². The Balaban J connectivity index is 1.29. The second-order valence-corrected chi connectivity index (χ2v) is 15.7. The van der Waals surface area contributed by atoms with Gasteiger partial charge in [-0.3, -0.25) is 14.6 Å². The van der Waals surface area contributed by atoms with Crippen molar-refractivity contribution in [3.63, 3.8) is 0 Å². The quantitative estimate of drug-likeness (QED) is 0.0636. The molecule has 2 aliphatic heterocycles. The molecular weight excluding hydrogens is 795 g/mol. The van der Waals surface area contributed by atoms with Crippen molar-refractivity contribution in [2.75, 3.05) is 25.3 Å². The lowest BCUT2D eigenvalue weighted by Gasteiger charge is -2.18. The van der Waals surface area contributed by atoms with E-state index in [-0.39, 0.29) is 47.4 Å². The number of H-pyrrole nitrogens is 2. The van der Waals surface area contributed by atoms with Crippen molar-refractivity contribution in [1.82, 2.24) is 25.3 Å². The predicted molar refractivity (Wildman–Crippen MR) is 249 cm³/mol. The Bertz CT molecular complexity index is 2940. The van der Waals surface area contributed by atoms with Gasteiger partial charge < -0.3 is 35.8 Å². The highest BCUT2D eigenvalue weighted by molar-refractivity contribution is 6.26. The largest absolute Gasteiger partial charge is 0.465 e. The number of esters is 2. The first kappa shape index (κ1) is 43.5. The summed E-state index contributed by atoms with van der Waals surface area (Å²) >= 11 is 0. The summed E-state index contributed by atoms with van der Waals surface area (Å²) in [4.78, 5) is 71.5.